The number of fused-ring (bicyclic) bond motifs is 1. The second-order valence-electron chi connectivity index (χ2n) is 7.53. The minimum Gasteiger partial charge on any atom is -0.381 e. The highest BCUT2D eigenvalue weighted by atomic mass is 19.4. The molecule has 3 aromatic rings. The van der Waals surface area contributed by atoms with E-state index in [0.29, 0.717) is 43.2 Å². The maximum absolute atomic E-state index is 13.2. The molecule has 1 aliphatic heterocycles. The molecule has 1 aliphatic rings. The van der Waals surface area contributed by atoms with E-state index in [9.17, 15) is 18.0 Å². The molecule has 31 heavy (non-hydrogen) atoms. The van der Waals surface area contributed by atoms with Gasteiger partial charge in [0.15, 0.2) is 0 Å². The SMILES string of the molecule is CCn1c(C(NC(=O)c2cnc(C)cn2)C2CCOC2)nc2cc(C(F)(F)F)ccc21. The van der Waals surface area contributed by atoms with E-state index in [1.165, 1.54) is 18.5 Å². The first-order valence-corrected chi connectivity index (χ1v) is 10.0. The standard InChI is InChI=1S/C21H22F3N5O2/c1-3-29-17-5-4-14(21(22,23)24)8-15(17)27-19(29)18(13-6-7-31-11-13)28-20(30)16-10-25-12(2)9-26-16/h4-5,8-10,13,18H,3,6-7,11H2,1-2H3,(H,28,30). The Morgan fingerprint density at radius 2 is 2.13 bits per heavy atom. The van der Waals surface area contributed by atoms with Crippen molar-refractivity contribution in [1.82, 2.24) is 24.8 Å². The number of amides is 1. The largest absolute Gasteiger partial charge is 0.416 e. The number of aromatic nitrogens is 4. The highest BCUT2D eigenvalue weighted by Gasteiger charge is 2.34. The van der Waals surface area contributed by atoms with Crippen LogP contribution in [0.25, 0.3) is 11.0 Å². The predicted molar refractivity (Wildman–Crippen MR) is 106 cm³/mol. The molecule has 10 heteroatoms. The molecule has 0 spiro atoms. The number of halogens is 3. The lowest BCUT2D eigenvalue weighted by Gasteiger charge is -2.24. The Labute approximate surface area is 176 Å². The Hall–Kier alpha value is -3.01. The number of nitrogens with zero attached hydrogens (tertiary/aromatic N) is 4. The molecule has 2 atom stereocenters. The van der Waals surface area contributed by atoms with Gasteiger partial charge in [-0.15, -0.1) is 0 Å². The number of alkyl halides is 3. The number of carbonyl (C=O) groups is 1. The fourth-order valence-electron chi connectivity index (χ4n) is 3.83. The van der Waals surface area contributed by atoms with Crippen molar-refractivity contribution in [2.75, 3.05) is 13.2 Å². The number of imidazole rings is 1. The number of carbonyl (C=O) groups excluding carboxylic acids is 1. The van der Waals surface area contributed by atoms with Crippen LogP contribution in [0.5, 0.6) is 0 Å². The van der Waals surface area contributed by atoms with Crippen molar-refractivity contribution in [3.63, 3.8) is 0 Å². The van der Waals surface area contributed by atoms with Gasteiger partial charge in [0, 0.05) is 25.3 Å². The third-order valence-electron chi connectivity index (χ3n) is 5.44. The first kappa shape index (κ1) is 21.2. The number of benzene rings is 1. The molecular weight excluding hydrogens is 411 g/mol. The molecule has 2 aromatic heterocycles. The Morgan fingerprint density at radius 3 is 2.74 bits per heavy atom. The summed E-state index contributed by atoms with van der Waals surface area (Å²) in [5.74, 6) is 0.0161. The molecule has 2 unspecified atom stereocenters. The second-order valence-corrected chi connectivity index (χ2v) is 7.53. The second kappa shape index (κ2) is 8.26. The van der Waals surface area contributed by atoms with Gasteiger partial charge in [0.25, 0.3) is 5.91 Å². The number of rotatable bonds is 5. The predicted octanol–water partition coefficient (Wildman–Crippen LogP) is 3.68. The lowest BCUT2D eigenvalue weighted by atomic mass is 9.98. The molecule has 1 N–H and O–H groups in total. The van der Waals surface area contributed by atoms with Crippen LogP contribution in [-0.4, -0.2) is 38.6 Å². The lowest BCUT2D eigenvalue weighted by molar-refractivity contribution is -0.137. The first-order chi connectivity index (χ1) is 14.8. The smallest absolute Gasteiger partial charge is 0.381 e. The Kier molecular flexibility index (Phi) is 5.65. The molecule has 1 aromatic carbocycles. The molecule has 0 bridgehead atoms. The van der Waals surface area contributed by atoms with Crippen molar-refractivity contribution in [3.05, 3.63) is 53.4 Å². The Bertz CT molecular complexity index is 1090. The summed E-state index contributed by atoms with van der Waals surface area (Å²) in [7, 11) is 0. The van der Waals surface area contributed by atoms with Gasteiger partial charge in [0.05, 0.1) is 41.1 Å². The van der Waals surface area contributed by atoms with Gasteiger partial charge in [-0.25, -0.2) is 9.97 Å². The van der Waals surface area contributed by atoms with Crippen molar-refractivity contribution < 1.29 is 22.7 Å². The van der Waals surface area contributed by atoms with E-state index in [4.69, 9.17) is 4.74 Å². The summed E-state index contributed by atoms with van der Waals surface area (Å²) in [4.78, 5) is 25.6. The number of hydrogen-bond donors (Lipinski definition) is 1. The molecule has 0 aliphatic carbocycles. The van der Waals surface area contributed by atoms with Crippen LogP contribution >= 0.6 is 0 Å². The zero-order valence-corrected chi connectivity index (χ0v) is 17.1. The van der Waals surface area contributed by atoms with Gasteiger partial charge >= 0.3 is 6.18 Å². The van der Waals surface area contributed by atoms with Gasteiger partial charge in [-0.3, -0.25) is 9.78 Å². The van der Waals surface area contributed by atoms with E-state index in [0.717, 1.165) is 12.1 Å². The van der Waals surface area contributed by atoms with Gasteiger partial charge in [0.2, 0.25) is 0 Å². The van der Waals surface area contributed by atoms with Crippen LogP contribution in [0.3, 0.4) is 0 Å². The van der Waals surface area contributed by atoms with Crippen LogP contribution in [0.1, 0.15) is 47.0 Å². The van der Waals surface area contributed by atoms with E-state index in [1.807, 2.05) is 11.5 Å². The molecular formula is C21H22F3N5O2. The minimum absolute atomic E-state index is 0.0634. The summed E-state index contributed by atoms with van der Waals surface area (Å²) in [5, 5.41) is 2.96. The molecule has 4 rings (SSSR count). The van der Waals surface area contributed by atoms with E-state index < -0.39 is 23.7 Å². The molecule has 0 saturated carbocycles. The maximum atomic E-state index is 13.2. The third-order valence-corrected chi connectivity index (χ3v) is 5.44. The summed E-state index contributed by atoms with van der Waals surface area (Å²) in [6.07, 6.45) is -0.861. The van der Waals surface area contributed by atoms with Crippen molar-refractivity contribution in [2.24, 2.45) is 5.92 Å². The molecule has 0 radical (unpaired) electrons. The summed E-state index contributed by atoms with van der Waals surface area (Å²) in [5.41, 5.74) is 0.907. The van der Waals surface area contributed by atoms with Gasteiger partial charge in [-0.2, -0.15) is 13.2 Å². The molecule has 7 nitrogen and oxygen atoms in total. The Morgan fingerprint density at radius 1 is 1.32 bits per heavy atom. The van der Waals surface area contributed by atoms with Crippen LogP contribution in [-0.2, 0) is 17.5 Å². The average Bonchev–Trinajstić information content (AvgIpc) is 3.39. The fraction of sp³-hybridized carbons (Fsp3) is 0.429. The third kappa shape index (κ3) is 4.25. The van der Waals surface area contributed by atoms with Crippen molar-refractivity contribution >= 4 is 16.9 Å². The molecule has 3 heterocycles. The van der Waals surface area contributed by atoms with E-state index >= 15 is 0 Å². The van der Waals surface area contributed by atoms with Gasteiger partial charge in [-0.1, -0.05) is 0 Å². The van der Waals surface area contributed by atoms with Crippen LogP contribution < -0.4 is 5.32 Å². The zero-order chi connectivity index (χ0) is 22.2. The quantitative estimate of drug-likeness (QED) is 0.664. The first-order valence-electron chi connectivity index (χ1n) is 10.0. The van der Waals surface area contributed by atoms with Crippen LogP contribution in [0.2, 0.25) is 0 Å². The van der Waals surface area contributed by atoms with Crippen LogP contribution in [0.4, 0.5) is 13.2 Å². The van der Waals surface area contributed by atoms with Crippen molar-refractivity contribution in [1.29, 1.82) is 0 Å². The topological polar surface area (TPSA) is 81.9 Å². The lowest BCUT2D eigenvalue weighted by Crippen LogP contribution is -2.36. The number of nitrogens with one attached hydrogen (secondary N) is 1. The van der Waals surface area contributed by atoms with Gasteiger partial charge in [0.1, 0.15) is 11.5 Å². The van der Waals surface area contributed by atoms with E-state index in [-0.39, 0.29) is 17.1 Å². The summed E-state index contributed by atoms with van der Waals surface area (Å²) in [6.45, 7) is 5.11. The van der Waals surface area contributed by atoms with Gasteiger partial charge in [-0.05, 0) is 38.5 Å². The van der Waals surface area contributed by atoms with E-state index in [1.54, 1.807) is 6.92 Å². The number of hydrogen-bond acceptors (Lipinski definition) is 5. The number of aryl methyl sites for hydroxylation is 2. The van der Waals surface area contributed by atoms with Crippen LogP contribution in [0, 0.1) is 12.8 Å². The highest BCUT2D eigenvalue weighted by Crippen LogP contribution is 2.34. The monoisotopic (exact) mass is 433 g/mol. The maximum Gasteiger partial charge on any atom is 0.416 e. The van der Waals surface area contributed by atoms with Crippen molar-refractivity contribution in [2.45, 2.75) is 39.0 Å². The van der Waals surface area contributed by atoms with Crippen molar-refractivity contribution in [3.8, 4) is 0 Å². The summed E-state index contributed by atoms with van der Waals surface area (Å²) >= 11 is 0. The molecule has 1 saturated heterocycles. The molecule has 1 fully saturated rings. The summed E-state index contributed by atoms with van der Waals surface area (Å²) < 4.78 is 46.9. The van der Waals surface area contributed by atoms with E-state index in [2.05, 4.69) is 20.3 Å². The molecule has 164 valence electrons. The average molecular weight is 433 g/mol. The number of ether oxygens (including phenoxy) is 1. The normalized spacial score (nSPS) is 17.8. The summed E-state index contributed by atoms with van der Waals surface area (Å²) in [6, 6.07) is 2.97. The fourth-order valence-corrected chi connectivity index (χ4v) is 3.83. The molecule has 1 amide bonds. The Balaban J connectivity index is 1.75. The zero-order valence-electron chi connectivity index (χ0n) is 17.1. The minimum atomic E-state index is -4.46. The van der Waals surface area contributed by atoms with Gasteiger partial charge < -0.3 is 14.6 Å². The van der Waals surface area contributed by atoms with Crippen LogP contribution in [0.15, 0.2) is 30.6 Å². The highest BCUT2D eigenvalue weighted by molar-refractivity contribution is 5.92.